The second-order valence-corrected chi connectivity index (χ2v) is 7.59. The normalized spacial score (nSPS) is 18.5. The predicted octanol–water partition coefficient (Wildman–Crippen LogP) is 4.58. The summed E-state index contributed by atoms with van der Waals surface area (Å²) in [5, 5.41) is 5.55. The number of allylic oxidation sites excluding steroid dienone is 3. The molecule has 0 fully saturated rings. The van der Waals surface area contributed by atoms with E-state index in [1.54, 1.807) is 38.3 Å². The molecule has 2 N–H and O–H groups in total. The maximum Gasteiger partial charge on any atom is 0.254 e. The van der Waals surface area contributed by atoms with E-state index in [1.807, 2.05) is 0 Å². The van der Waals surface area contributed by atoms with Crippen molar-refractivity contribution in [2.24, 2.45) is 0 Å². The highest BCUT2D eigenvalue weighted by Gasteiger charge is 2.38. The molecule has 0 spiro atoms. The van der Waals surface area contributed by atoms with Gasteiger partial charge in [-0.15, -0.1) is 0 Å². The summed E-state index contributed by atoms with van der Waals surface area (Å²) >= 11 is 0. The SMILES string of the molecule is COc1ccc(C2C(C(=O)Nc3c(F)cccc3F)=C(C)NC3=C2C(=O)CCC3)cc1. The Balaban J connectivity index is 1.80. The molecule has 4 rings (SSSR count). The molecule has 0 aromatic heterocycles. The number of para-hydroxylation sites is 1. The third kappa shape index (κ3) is 3.83. The Morgan fingerprint density at radius 2 is 1.77 bits per heavy atom. The van der Waals surface area contributed by atoms with Gasteiger partial charge in [0.15, 0.2) is 5.78 Å². The highest BCUT2D eigenvalue weighted by atomic mass is 19.1. The molecular weight excluding hydrogens is 402 g/mol. The topological polar surface area (TPSA) is 67.4 Å². The number of halogens is 2. The number of methoxy groups -OCH3 is 1. The van der Waals surface area contributed by atoms with Crippen molar-refractivity contribution in [3.8, 4) is 5.75 Å². The molecule has 0 bridgehead atoms. The van der Waals surface area contributed by atoms with Gasteiger partial charge in [0.05, 0.1) is 7.11 Å². The van der Waals surface area contributed by atoms with Crippen molar-refractivity contribution in [3.63, 3.8) is 0 Å². The van der Waals surface area contributed by atoms with E-state index in [2.05, 4.69) is 10.6 Å². The minimum atomic E-state index is -0.870. The minimum absolute atomic E-state index is 0.0376. The van der Waals surface area contributed by atoms with Crippen LogP contribution in [0.1, 0.15) is 37.7 Å². The molecule has 1 atom stereocenters. The number of benzene rings is 2. The Labute approximate surface area is 178 Å². The minimum Gasteiger partial charge on any atom is -0.497 e. The van der Waals surface area contributed by atoms with E-state index in [0.29, 0.717) is 29.9 Å². The van der Waals surface area contributed by atoms with Crippen LogP contribution in [0.2, 0.25) is 0 Å². The molecule has 1 amide bonds. The fourth-order valence-electron chi connectivity index (χ4n) is 4.21. The maximum absolute atomic E-state index is 14.1. The van der Waals surface area contributed by atoms with Gasteiger partial charge in [-0.3, -0.25) is 9.59 Å². The van der Waals surface area contributed by atoms with Crippen molar-refractivity contribution in [1.29, 1.82) is 0 Å². The van der Waals surface area contributed by atoms with E-state index < -0.39 is 29.1 Å². The van der Waals surface area contributed by atoms with Crippen molar-refractivity contribution < 1.29 is 23.1 Å². The van der Waals surface area contributed by atoms with Crippen LogP contribution in [0.3, 0.4) is 0 Å². The Morgan fingerprint density at radius 1 is 1.10 bits per heavy atom. The monoisotopic (exact) mass is 424 g/mol. The number of ether oxygens (including phenoxy) is 1. The molecule has 160 valence electrons. The molecular formula is C24H22F2N2O3. The van der Waals surface area contributed by atoms with Crippen molar-refractivity contribution in [2.75, 3.05) is 12.4 Å². The van der Waals surface area contributed by atoms with E-state index in [0.717, 1.165) is 29.8 Å². The molecule has 5 nitrogen and oxygen atoms in total. The average Bonchev–Trinajstić information content (AvgIpc) is 2.75. The number of anilines is 1. The van der Waals surface area contributed by atoms with Gasteiger partial charge in [0.1, 0.15) is 23.1 Å². The molecule has 1 heterocycles. The standard InChI is InChI=1S/C24H22F2N2O3/c1-13-20(24(30)28-23-16(25)5-3-6-17(23)26)21(14-9-11-15(31-2)12-10-14)22-18(27-13)7-4-8-19(22)29/h3,5-6,9-12,21,27H,4,7-8H2,1-2H3,(H,28,30). The van der Waals surface area contributed by atoms with Gasteiger partial charge in [-0.05, 0) is 49.6 Å². The fourth-order valence-corrected chi connectivity index (χ4v) is 4.21. The number of hydrogen-bond donors (Lipinski definition) is 2. The number of carbonyl (C=O) groups is 2. The van der Waals surface area contributed by atoms with Crippen LogP contribution in [0.4, 0.5) is 14.5 Å². The van der Waals surface area contributed by atoms with Crippen LogP contribution >= 0.6 is 0 Å². The largest absolute Gasteiger partial charge is 0.497 e. The molecule has 1 aliphatic carbocycles. The van der Waals surface area contributed by atoms with Crippen LogP contribution in [0.25, 0.3) is 0 Å². The number of hydrogen-bond acceptors (Lipinski definition) is 4. The zero-order chi connectivity index (χ0) is 22.1. The Morgan fingerprint density at radius 3 is 2.42 bits per heavy atom. The molecule has 1 aliphatic heterocycles. The van der Waals surface area contributed by atoms with Crippen LogP contribution in [0.15, 0.2) is 65.0 Å². The zero-order valence-corrected chi connectivity index (χ0v) is 17.2. The first kappa shape index (κ1) is 20.8. The van der Waals surface area contributed by atoms with Gasteiger partial charge in [0.2, 0.25) is 0 Å². The van der Waals surface area contributed by atoms with Gasteiger partial charge >= 0.3 is 0 Å². The lowest BCUT2D eigenvalue weighted by Crippen LogP contribution is -2.35. The summed E-state index contributed by atoms with van der Waals surface area (Å²) in [4.78, 5) is 26.1. The second-order valence-electron chi connectivity index (χ2n) is 7.59. The van der Waals surface area contributed by atoms with Crippen LogP contribution in [-0.2, 0) is 9.59 Å². The third-order valence-electron chi connectivity index (χ3n) is 5.67. The molecule has 2 aromatic rings. The third-order valence-corrected chi connectivity index (χ3v) is 5.67. The van der Waals surface area contributed by atoms with Gasteiger partial charge in [-0.1, -0.05) is 18.2 Å². The summed E-state index contributed by atoms with van der Waals surface area (Å²) < 4.78 is 33.5. The van der Waals surface area contributed by atoms with E-state index in [9.17, 15) is 18.4 Å². The summed E-state index contributed by atoms with van der Waals surface area (Å²) in [6, 6.07) is 10.5. The summed E-state index contributed by atoms with van der Waals surface area (Å²) in [6.45, 7) is 1.73. The van der Waals surface area contributed by atoms with Gasteiger partial charge in [-0.25, -0.2) is 8.78 Å². The average molecular weight is 424 g/mol. The lowest BCUT2D eigenvalue weighted by atomic mass is 9.75. The lowest BCUT2D eigenvalue weighted by molar-refractivity contribution is -0.116. The highest BCUT2D eigenvalue weighted by Crippen LogP contribution is 2.42. The molecule has 0 saturated heterocycles. The zero-order valence-electron chi connectivity index (χ0n) is 17.2. The number of nitrogens with one attached hydrogen (secondary N) is 2. The summed E-state index contributed by atoms with van der Waals surface area (Å²) in [5.74, 6) is -2.45. The van der Waals surface area contributed by atoms with Crippen LogP contribution in [0.5, 0.6) is 5.75 Å². The van der Waals surface area contributed by atoms with E-state index in [1.165, 1.54) is 6.07 Å². The number of amides is 1. The highest BCUT2D eigenvalue weighted by molar-refractivity contribution is 6.09. The predicted molar refractivity (Wildman–Crippen MR) is 112 cm³/mol. The number of Topliss-reactive ketones (excluding diaryl/α,β-unsaturated/α-hetero) is 1. The smallest absolute Gasteiger partial charge is 0.254 e. The van der Waals surface area contributed by atoms with Crippen LogP contribution in [-0.4, -0.2) is 18.8 Å². The molecule has 7 heteroatoms. The molecule has 0 radical (unpaired) electrons. The van der Waals surface area contributed by atoms with E-state index in [4.69, 9.17) is 4.74 Å². The maximum atomic E-state index is 14.1. The molecule has 0 saturated carbocycles. The van der Waals surface area contributed by atoms with E-state index >= 15 is 0 Å². The van der Waals surface area contributed by atoms with Gasteiger partial charge in [0, 0.05) is 34.9 Å². The summed E-state index contributed by atoms with van der Waals surface area (Å²) in [6.07, 6.45) is 1.82. The first-order valence-corrected chi connectivity index (χ1v) is 10.0. The molecule has 2 aromatic carbocycles. The first-order valence-electron chi connectivity index (χ1n) is 10.0. The van der Waals surface area contributed by atoms with Crippen molar-refractivity contribution in [3.05, 3.63) is 82.2 Å². The second kappa shape index (κ2) is 8.34. The van der Waals surface area contributed by atoms with Crippen molar-refractivity contribution in [1.82, 2.24) is 5.32 Å². The Bertz CT molecular complexity index is 1100. The molecule has 1 unspecified atom stereocenters. The molecule has 31 heavy (non-hydrogen) atoms. The Hall–Kier alpha value is -3.48. The van der Waals surface area contributed by atoms with Crippen LogP contribution < -0.4 is 15.4 Å². The Kier molecular flexibility index (Phi) is 5.59. The van der Waals surface area contributed by atoms with E-state index in [-0.39, 0.29) is 11.4 Å². The van der Waals surface area contributed by atoms with Gasteiger partial charge < -0.3 is 15.4 Å². The van der Waals surface area contributed by atoms with Crippen LogP contribution in [0, 0.1) is 11.6 Å². The lowest BCUT2D eigenvalue weighted by Gasteiger charge is -2.34. The van der Waals surface area contributed by atoms with Crippen molar-refractivity contribution in [2.45, 2.75) is 32.1 Å². The first-order chi connectivity index (χ1) is 14.9. The van der Waals surface area contributed by atoms with Gasteiger partial charge in [-0.2, -0.15) is 0 Å². The quantitative estimate of drug-likeness (QED) is 0.754. The van der Waals surface area contributed by atoms with Crippen molar-refractivity contribution >= 4 is 17.4 Å². The number of dihydropyridines is 1. The number of carbonyl (C=O) groups excluding carboxylic acids is 2. The summed E-state index contributed by atoms with van der Waals surface area (Å²) in [5.41, 5.74) is 2.33. The summed E-state index contributed by atoms with van der Waals surface area (Å²) in [7, 11) is 1.55. The number of ketones is 1. The van der Waals surface area contributed by atoms with Gasteiger partial charge in [0.25, 0.3) is 5.91 Å². The number of rotatable bonds is 4. The fraction of sp³-hybridized carbons (Fsp3) is 0.250. The molecule has 2 aliphatic rings.